The molecule has 0 saturated heterocycles. The molecule has 6 heteroatoms. The molecule has 2 aromatic rings. The Morgan fingerprint density at radius 1 is 1.12 bits per heavy atom. The number of hydrogen-bond donors (Lipinski definition) is 1. The maximum Gasteiger partial charge on any atom is 0.259 e. The summed E-state index contributed by atoms with van der Waals surface area (Å²) in [4.78, 5) is 16.6. The quantitative estimate of drug-likeness (QED) is 0.936. The van der Waals surface area contributed by atoms with Gasteiger partial charge in [-0.25, -0.2) is 0 Å². The molecule has 0 unspecified atom stereocenters. The van der Waals surface area contributed by atoms with E-state index in [0.717, 1.165) is 25.7 Å². The summed E-state index contributed by atoms with van der Waals surface area (Å²) in [7, 11) is 1.58. The molecular weight excluding hydrogens is 308 g/mol. The molecule has 1 fully saturated rings. The zero-order chi connectivity index (χ0) is 16.6. The summed E-state index contributed by atoms with van der Waals surface area (Å²) in [5.74, 6) is 0.653. The number of methoxy groups -OCH3 is 1. The third kappa shape index (κ3) is 2.44. The van der Waals surface area contributed by atoms with Gasteiger partial charge in [-0.15, -0.1) is 0 Å². The van der Waals surface area contributed by atoms with Crippen LogP contribution in [0.1, 0.15) is 36.0 Å². The highest BCUT2D eigenvalue weighted by molar-refractivity contribution is 6.07. The molecule has 1 N–H and O–H groups in total. The molecular formula is C18H18N2O4. The van der Waals surface area contributed by atoms with Crippen molar-refractivity contribution < 1.29 is 19.0 Å². The fraction of sp³-hybridized carbons (Fsp3) is 0.333. The van der Waals surface area contributed by atoms with Gasteiger partial charge in [0.1, 0.15) is 0 Å². The number of carbonyl (C=O) groups is 1. The average Bonchev–Trinajstić information content (AvgIpc) is 3.21. The Hall–Kier alpha value is -2.76. The van der Waals surface area contributed by atoms with Gasteiger partial charge >= 0.3 is 0 Å². The smallest absolute Gasteiger partial charge is 0.259 e. The zero-order valence-electron chi connectivity index (χ0n) is 13.4. The number of nitrogens with one attached hydrogen (secondary N) is 1. The van der Waals surface area contributed by atoms with Gasteiger partial charge in [-0.05, 0) is 37.1 Å². The Labute approximate surface area is 139 Å². The van der Waals surface area contributed by atoms with Crippen molar-refractivity contribution in [2.75, 3.05) is 12.4 Å². The molecule has 4 rings (SSSR count). The molecule has 6 nitrogen and oxygen atoms in total. The van der Waals surface area contributed by atoms with Gasteiger partial charge in [0.05, 0.1) is 12.7 Å². The number of benzene rings is 1. The number of anilines is 1. The summed E-state index contributed by atoms with van der Waals surface area (Å²) in [6, 6.07) is 6.90. The van der Waals surface area contributed by atoms with Crippen LogP contribution in [0.5, 0.6) is 17.2 Å². The van der Waals surface area contributed by atoms with Crippen LogP contribution in [0.4, 0.5) is 5.69 Å². The van der Waals surface area contributed by atoms with Crippen LogP contribution in [0.25, 0.3) is 0 Å². The highest BCUT2D eigenvalue weighted by Crippen LogP contribution is 2.52. The third-order valence-corrected chi connectivity index (χ3v) is 4.42. The van der Waals surface area contributed by atoms with Crippen molar-refractivity contribution in [3.8, 4) is 17.2 Å². The number of pyridine rings is 1. The van der Waals surface area contributed by atoms with Gasteiger partial charge < -0.3 is 19.5 Å². The zero-order valence-corrected chi connectivity index (χ0v) is 13.4. The summed E-state index contributed by atoms with van der Waals surface area (Å²) in [5.41, 5.74) is 1.11. The predicted octanol–water partition coefficient (Wildman–Crippen LogP) is 3.38. The van der Waals surface area contributed by atoms with Crippen LogP contribution in [0, 0.1) is 0 Å². The Kier molecular flexibility index (Phi) is 3.52. The van der Waals surface area contributed by atoms with Crippen molar-refractivity contribution in [1.82, 2.24) is 4.98 Å². The molecule has 2 heterocycles. The molecule has 1 amide bonds. The van der Waals surface area contributed by atoms with E-state index in [1.54, 1.807) is 43.8 Å². The summed E-state index contributed by atoms with van der Waals surface area (Å²) in [6.07, 6.45) is 6.98. The maximum absolute atomic E-state index is 12.7. The highest BCUT2D eigenvalue weighted by atomic mass is 16.7. The number of amides is 1. The van der Waals surface area contributed by atoms with Crippen LogP contribution in [0.15, 0.2) is 36.7 Å². The molecule has 1 aliphatic carbocycles. The second kappa shape index (κ2) is 5.70. The first kappa shape index (κ1) is 14.8. The van der Waals surface area contributed by atoms with Gasteiger partial charge in [0.15, 0.2) is 11.5 Å². The first-order valence-corrected chi connectivity index (χ1v) is 8.01. The molecule has 1 spiro atoms. The van der Waals surface area contributed by atoms with Gasteiger partial charge in [-0.1, -0.05) is 0 Å². The monoisotopic (exact) mass is 326 g/mol. The van der Waals surface area contributed by atoms with Crippen LogP contribution in [-0.2, 0) is 0 Å². The molecule has 1 aliphatic heterocycles. The normalized spacial score (nSPS) is 17.0. The van der Waals surface area contributed by atoms with Crippen molar-refractivity contribution in [3.05, 3.63) is 42.2 Å². The third-order valence-electron chi connectivity index (χ3n) is 4.42. The topological polar surface area (TPSA) is 69.7 Å². The van der Waals surface area contributed by atoms with Crippen LogP contribution >= 0.6 is 0 Å². The van der Waals surface area contributed by atoms with E-state index in [1.807, 2.05) is 0 Å². The van der Waals surface area contributed by atoms with Crippen LogP contribution in [-0.4, -0.2) is 23.8 Å². The summed E-state index contributed by atoms with van der Waals surface area (Å²) >= 11 is 0. The van der Waals surface area contributed by atoms with E-state index >= 15 is 0 Å². The van der Waals surface area contributed by atoms with Gasteiger partial charge in [0.2, 0.25) is 5.75 Å². The standard InChI is InChI=1S/C18H18N2O4/c1-22-14-5-4-13(17(21)20-12-6-10-19-11-7-12)15-16(14)24-18(23-15)8-2-3-9-18/h4-7,10-11H,2-3,8-9H2,1H3,(H,19,20,21). The van der Waals surface area contributed by atoms with Gasteiger partial charge in [-0.2, -0.15) is 0 Å². The number of nitrogens with zero attached hydrogens (tertiary/aromatic N) is 1. The van der Waals surface area contributed by atoms with E-state index in [9.17, 15) is 4.79 Å². The number of ether oxygens (including phenoxy) is 3. The average molecular weight is 326 g/mol. The molecule has 1 aromatic heterocycles. The summed E-state index contributed by atoms with van der Waals surface area (Å²) in [6.45, 7) is 0. The fourth-order valence-electron chi connectivity index (χ4n) is 3.23. The molecule has 2 aliphatic rings. The number of hydrogen-bond acceptors (Lipinski definition) is 5. The van der Waals surface area contributed by atoms with Gasteiger partial charge in [0, 0.05) is 30.9 Å². The Morgan fingerprint density at radius 3 is 2.54 bits per heavy atom. The van der Waals surface area contributed by atoms with E-state index in [-0.39, 0.29) is 5.91 Å². The molecule has 1 saturated carbocycles. The lowest BCUT2D eigenvalue weighted by molar-refractivity contribution is -0.0724. The van der Waals surface area contributed by atoms with Crippen molar-refractivity contribution in [3.63, 3.8) is 0 Å². The van der Waals surface area contributed by atoms with Crippen LogP contribution in [0.2, 0.25) is 0 Å². The Balaban J connectivity index is 1.68. The van der Waals surface area contributed by atoms with Crippen molar-refractivity contribution >= 4 is 11.6 Å². The number of fused-ring (bicyclic) bond motifs is 1. The van der Waals surface area contributed by atoms with Crippen LogP contribution < -0.4 is 19.5 Å². The van der Waals surface area contributed by atoms with E-state index in [0.29, 0.717) is 28.5 Å². The van der Waals surface area contributed by atoms with Crippen molar-refractivity contribution in [1.29, 1.82) is 0 Å². The molecule has 124 valence electrons. The Bertz CT molecular complexity index is 770. The van der Waals surface area contributed by atoms with Gasteiger partial charge in [0.25, 0.3) is 11.7 Å². The number of carbonyl (C=O) groups excluding carboxylic acids is 1. The van der Waals surface area contributed by atoms with Crippen LogP contribution in [0.3, 0.4) is 0 Å². The highest BCUT2D eigenvalue weighted by Gasteiger charge is 2.46. The van der Waals surface area contributed by atoms with E-state index in [4.69, 9.17) is 14.2 Å². The van der Waals surface area contributed by atoms with Crippen molar-refractivity contribution in [2.45, 2.75) is 31.5 Å². The summed E-state index contributed by atoms with van der Waals surface area (Å²) < 4.78 is 17.6. The minimum Gasteiger partial charge on any atom is -0.493 e. The lowest BCUT2D eigenvalue weighted by Gasteiger charge is -2.21. The predicted molar refractivity (Wildman–Crippen MR) is 87.6 cm³/mol. The molecule has 1 aromatic carbocycles. The second-order valence-electron chi connectivity index (χ2n) is 5.99. The minimum atomic E-state index is -0.650. The molecule has 24 heavy (non-hydrogen) atoms. The number of aromatic nitrogens is 1. The maximum atomic E-state index is 12.7. The fourth-order valence-corrected chi connectivity index (χ4v) is 3.23. The summed E-state index contributed by atoms with van der Waals surface area (Å²) in [5, 5.41) is 2.85. The van der Waals surface area contributed by atoms with E-state index in [1.165, 1.54) is 0 Å². The molecule has 0 bridgehead atoms. The lowest BCUT2D eigenvalue weighted by Crippen LogP contribution is -2.34. The largest absolute Gasteiger partial charge is 0.493 e. The van der Waals surface area contributed by atoms with Gasteiger partial charge in [-0.3, -0.25) is 9.78 Å². The lowest BCUT2D eigenvalue weighted by atomic mass is 10.1. The molecule has 0 radical (unpaired) electrons. The minimum absolute atomic E-state index is 0.251. The first-order chi connectivity index (χ1) is 11.7. The SMILES string of the molecule is COc1ccc(C(=O)Nc2ccncc2)c2c1OC1(CCCC1)O2. The van der Waals surface area contributed by atoms with E-state index < -0.39 is 5.79 Å². The van der Waals surface area contributed by atoms with Crippen molar-refractivity contribution in [2.24, 2.45) is 0 Å². The van der Waals surface area contributed by atoms with E-state index in [2.05, 4.69) is 10.3 Å². The second-order valence-corrected chi connectivity index (χ2v) is 5.99. The molecule has 0 atom stereocenters. The Morgan fingerprint density at radius 2 is 1.83 bits per heavy atom. The number of rotatable bonds is 3. The first-order valence-electron chi connectivity index (χ1n) is 8.01.